The Bertz CT molecular complexity index is 1480. The highest BCUT2D eigenvalue weighted by atomic mass is 127. The lowest BCUT2D eigenvalue weighted by Gasteiger charge is -2.31. The molecule has 1 aromatic heterocycles. The van der Waals surface area contributed by atoms with E-state index in [1.54, 1.807) is 22.7 Å². The Labute approximate surface area is 272 Å². The summed E-state index contributed by atoms with van der Waals surface area (Å²) in [6.45, 7) is 6.12. The van der Waals surface area contributed by atoms with Crippen LogP contribution in [0.15, 0.2) is 54.7 Å². The average molecular weight is 735 g/mol. The van der Waals surface area contributed by atoms with Crippen LogP contribution in [-0.2, 0) is 31.2 Å². The van der Waals surface area contributed by atoms with Crippen LogP contribution in [0.3, 0.4) is 0 Å². The van der Waals surface area contributed by atoms with E-state index in [0.717, 1.165) is 20.4 Å². The van der Waals surface area contributed by atoms with Crippen molar-refractivity contribution in [2.45, 2.75) is 75.4 Å². The number of benzene rings is 2. The minimum atomic E-state index is -3.31. The number of unbranched alkanes of at least 4 members (excludes halogenated alkanes) is 1. The van der Waals surface area contributed by atoms with Crippen LogP contribution in [0.1, 0.15) is 55.3 Å². The van der Waals surface area contributed by atoms with Gasteiger partial charge in [0.25, 0.3) is 5.91 Å². The number of carbonyl (C=O) groups excluding carboxylic acids is 2. The third kappa shape index (κ3) is 6.22. The van der Waals surface area contributed by atoms with Gasteiger partial charge in [-0.2, -0.15) is 0 Å². The van der Waals surface area contributed by atoms with Gasteiger partial charge in [0.15, 0.2) is 5.60 Å². The van der Waals surface area contributed by atoms with Gasteiger partial charge >= 0.3 is 5.97 Å². The molecule has 1 spiro atoms. The van der Waals surface area contributed by atoms with E-state index >= 15 is 4.11 Å². The van der Waals surface area contributed by atoms with E-state index in [9.17, 15) is 14.7 Å². The summed E-state index contributed by atoms with van der Waals surface area (Å²) in [7, 11) is -1.94. The lowest BCUT2D eigenvalue weighted by molar-refractivity contribution is -0.146. The average Bonchev–Trinajstić information content (AvgIpc) is 3.65. The van der Waals surface area contributed by atoms with Gasteiger partial charge in [-0.15, -0.1) is 5.10 Å². The number of esters is 1. The Balaban J connectivity index is 1.39. The van der Waals surface area contributed by atoms with Crippen molar-refractivity contribution in [3.05, 3.63) is 75.1 Å². The first-order valence-electron chi connectivity index (χ1n) is 15.1. The lowest BCUT2D eigenvalue weighted by Crippen LogP contribution is -2.45. The van der Waals surface area contributed by atoms with Gasteiger partial charge in [-0.25, -0.2) is 0 Å². The molecule has 12 heteroatoms. The molecule has 2 aromatic carbocycles. The van der Waals surface area contributed by atoms with Crippen molar-refractivity contribution >= 4 is 48.6 Å². The molecule has 1 fully saturated rings. The monoisotopic (exact) mass is 734 g/mol. The van der Waals surface area contributed by atoms with E-state index in [1.165, 1.54) is 7.11 Å². The minimum Gasteiger partial charge on any atom is -0.469 e. The first-order chi connectivity index (χ1) is 21.0. The van der Waals surface area contributed by atoms with Crippen LogP contribution in [0.5, 0.6) is 0 Å². The molecular weight excluding hydrogens is 694 g/mol. The standard InChI is InChI=1S/C32H40FIN4O5Si/c1-21-30(44(3,4)33)28(15-17-37-19-26(35-36-37)24(20-39)22-10-6-5-7-11-22)43-32(21)25-18-23(34)13-14-27(25)38(31(32)41)16-9-8-12-29(40)42-2/h5-7,10-11,13-14,18-19,21,24,28,30,39H,8-9,12,15-17,20H2,1-4H3/t21-,24?,28+,30-,32+/m0/s1. The summed E-state index contributed by atoms with van der Waals surface area (Å²) in [6.07, 6.45) is 3.29. The van der Waals surface area contributed by atoms with Crippen LogP contribution in [0, 0.1) is 9.49 Å². The zero-order chi connectivity index (χ0) is 31.6. The number of aromatic nitrogens is 3. The summed E-state index contributed by atoms with van der Waals surface area (Å²) in [5.41, 5.74) is 1.48. The number of amides is 1. The summed E-state index contributed by atoms with van der Waals surface area (Å²) in [5, 5.41) is 18.7. The van der Waals surface area contributed by atoms with Crippen molar-refractivity contribution in [1.82, 2.24) is 15.0 Å². The second-order valence-electron chi connectivity index (χ2n) is 12.3. The summed E-state index contributed by atoms with van der Waals surface area (Å²) < 4.78 is 30.4. The Morgan fingerprint density at radius 3 is 2.64 bits per heavy atom. The molecule has 3 aromatic rings. The van der Waals surface area contributed by atoms with Crippen LogP contribution in [0.2, 0.25) is 18.6 Å². The zero-order valence-electron chi connectivity index (χ0n) is 25.6. The van der Waals surface area contributed by atoms with Crippen molar-refractivity contribution in [2.24, 2.45) is 5.92 Å². The van der Waals surface area contributed by atoms with Crippen LogP contribution in [-0.4, -0.2) is 66.7 Å². The van der Waals surface area contributed by atoms with Crippen LogP contribution in [0.25, 0.3) is 0 Å². The highest BCUT2D eigenvalue weighted by Crippen LogP contribution is 2.60. The molecule has 5 atom stereocenters. The van der Waals surface area contributed by atoms with Crippen molar-refractivity contribution in [3.8, 4) is 0 Å². The molecule has 0 saturated carbocycles. The first-order valence-corrected chi connectivity index (χ1v) is 19.2. The number of aliphatic hydroxyl groups is 1. The largest absolute Gasteiger partial charge is 0.469 e. The van der Waals surface area contributed by atoms with E-state index < -0.39 is 25.7 Å². The molecular formula is C32H40FIN4O5Si. The number of aryl methyl sites for hydroxylation is 1. The maximum absolute atomic E-state index is 16.2. The second-order valence-corrected chi connectivity index (χ2v) is 17.3. The summed E-state index contributed by atoms with van der Waals surface area (Å²) in [5.74, 6) is -1.12. The molecule has 2 aliphatic rings. The molecule has 5 rings (SSSR count). The van der Waals surface area contributed by atoms with Crippen LogP contribution in [0.4, 0.5) is 9.80 Å². The lowest BCUT2D eigenvalue weighted by atomic mass is 9.82. The molecule has 1 amide bonds. The number of anilines is 1. The predicted octanol–water partition coefficient (Wildman–Crippen LogP) is 5.56. The predicted molar refractivity (Wildman–Crippen MR) is 175 cm³/mol. The van der Waals surface area contributed by atoms with Crippen molar-refractivity contribution < 1.29 is 28.3 Å². The fourth-order valence-electron chi connectivity index (χ4n) is 7.05. The van der Waals surface area contributed by atoms with E-state index in [0.29, 0.717) is 38.0 Å². The summed E-state index contributed by atoms with van der Waals surface area (Å²) >= 11 is 2.24. The maximum Gasteiger partial charge on any atom is 0.305 e. The number of methoxy groups -OCH3 is 1. The van der Waals surface area contributed by atoms with E-state index in [2.05, 4.69) is 32.9 Å². The van der Waals surface area contributed by atoms with E-state index in [1.807, 2.05) is 61.7 Å². The first kappa shape index (κ1) is 32.7. The summed E-state index contributed by atoms with van der Waals surface area (Å²) in [4.78, 5) is 27.8. The van der Waals surface area contributed by atoms with Gasteiger partial charge < -0.3 is 23.6 Å². The quantitative estimate of drug-likeness (QED) is 0.0854. The molecule has 1 saturated heterocycles. The normalized spacial score (nSPS) is 23.8. The number of halogens is 2. The molecule has 44 heavy (non-hydrogen) atoms. The SMILES string of the molecule is COC(=O)CCCCN1C(=O)[C@]2(O[C@H](CCn3cc(C(CO)c4ccccc4)nn3)[C@@H]([Si](C)(C)F)[C@@H]2C)c2cc(I)ccc21. The van der Waals surface area contributed by atoms with Crippen LogP contribution < -0.4 is 4.90 Å². The van der Waals surface area contributed by atoms with Gasteiger partial charge in [0.05, 0.1) is 37.1 Å². The number of nitrogens with zero attached hydrogens (tertiary/aromatic N) is 4. The Morgan fingerprint density at radius 1 is 1.20 bits per heavy atom. The van der Waals surface area contributed by atoms with E-state index in [4.69, 9.17) is 9.47 Å². The maximum atomic E-state index is 16.2. The highest BCUT2D eigenvalue weighted by molar-refractivity contribution is 14.1. The number of carbonyl (C=O) groups is 2. The molecule has 0 radical (unpaired) electrons. The minimum absolute atomic E-state index is 0.0995. The number of fused-ring (bicyclic) bond motifs is 2. The van der Waals surface area contributed by atoms with Gasteiger partial charge in [0.1, 0.15) is 0 Å². The van der Waals surface area contributed by atoms with E-state index in [-0.39, 0.29) is 36.7 Å². The molecule has 0 aliphatic carbocycles. The molecule has 9 nitrogen and oxygen atoms in total. The topological polar surface area (TPSA) is 107 Å². The third-order valence-corrected chi connectivity index (χ3v) is 12.2. The summed E-state index contributed by atoms with van der Waals surface area (Å²) in [6, 6.07) is 15.6. The van der Waals surface area contributed by atoms with Crippen molar-refractivity contribution in [3.63, 3.8) is 0 Å². The number of rotatable bonds is 12. The molecule has 236 valence electrons. The number of aliphatic hydroxyl groups excluding tert-OH is 1. The van der Waals surface area contributed by atoms with Gasteiger partial charge in [0, 0.05) is 46.3 Å². The third-order valence-electron chi connectivity index (χ3n) is 9.10. The van der Waals surface area contributed by atoms with Crippen molar-refractivity contribution in [1.29, 1.82) is 0 Å². The molecule has 2 aliphatic heterocycles. The van der Waals surface area contributed by atoms with Gasteiger partial charge in [-0.3, -0.25) is 14.3 Å². The number of hydrogen-bond acceptors (Lipinski definition) is 7. The fraction of sp³-hybridized carbons (Fsp3) is 0.500. The highest BCUT2D eigenvalue weighted by Gasteiger charge is 2.66. The van der Waals surface area contributed by atoms with Crippen molar-refractivity contribution in [2.75, 3.05) is 25.2 Å². The Morgan fingerprint density at radius 2 is 1.95 bits per heavy atom. The Kier molecular flexibility index (Phi) is 9.92. The molecule has 0 bridgehead atoms. The Hall–Kier alpha value is -2.68. The molecule has 3 heterocycles. The second kappa shape index (κ2) is 13.4. The number of hydrogen-bond donors (Lipinski definition) is 1. The molecule has 1 unspecified atom stereocenters. The molecule has 1 N–H and O–H groups in total. The van der Waals surface area contributed by atoms with Gasteiger partial charge in [-0.1, -0.05) is 42.5 Å². The van der Waals surface area contributed by atoms with Crippen LogP contribution >= 0.6 is 22.6 Å². The fourth-order valence-corrected chi connectivity index (χ4v) is 10.1. The van der Waals surface area contributed by atoms with Gasteiger partial charge in [-0.05, 0) is 78.7 Å². The smallest absolute Gasteiger partial charge is 0.305 e. The number of ether oxygens (including phenoxy) is 2. The van der Waals surface area contributed by atoms with Gasteiger partial charge in [0.2, 0.25) is 8.41 Å². The zero-order valence-corrected chi connectivity index (χ0v) is 28.7.